The monoisotopic (exact) mass is 588 g/mol. The number of rotatable bonds is 12. The standard InChI is InChI=1S/C33H38BrN3O2/c1-5-7-16-25-22-24-15-11-12-17-26(24)33(36-25)39-21-20-37(3,4)29(6-2)27-18-19-28(32(35)38)31(34)30(27)23-13-9-8-10-14-23/h8-15,17-19,22,29H,5-7,16,20-21H2,1-4H3,(H-,35,38)/p+1/t29-/m0/s1. The molecule has 204 valence electrons. The lowest BCUT2D eigenvalue weighted by Gasteiger charge is -2.39. The Balaban J connectivity index is 1.63. The van der Waals surface area contributed by atoms with Crippen molar-refractivity contribution >= 4 is 32.6 Å². The van der Waals surface area contributed by atoms with E-state index in [0.29, 0.717) is 22.5 Å². The van der Waals surface area contributed by atoms with Crippen LogP contribution in [0.25, 0.3) is 21.9 Å². The second-order valence-corrected chi connectivity index (χ2v) is 11.4. The zero-order chi connectivity index (χ0) is 28.0. The molecule has 4 aromatic rings. The van der Waals surface area contributed by atoms with Gasteiger partial charge in [-0.25, -0.2) is 4.98 Å². The maximum absolute atomic E-state index is 12.2. The van der Waals surface area contributed by atoms with Gasteiger partial charge in [-0.15, -0.1) is 0 Å². The molecule has 2 N–H and O–H groups in total. The molecular weight excluding hydrogens is 550 g/mol. The highest BCUT2D eigenvalue weighted by molar-refractivity contribution is 9.10. The number of carbonyl (C=O) groups is 1. The van der Waals surface area contributed by atoms with Crippen LogP contribution in [0.15, 0.2) is 77.3 Å². The normalized spacial score (nSPS) is 12.4. The molecular formula is C33H39BrN3O2+. The highest BCUT2D eigenvalue weighted by atomic mass is 79.9. The fourth-order valence-corrected chi connectivity index (χ4v) is 6.18. The van der Waals surface area contributed by atoms with Crippen molar-refractivity contribution in [1.82, 2.24) is 4.98 Å². The van der Waals surface area contributed by atoms with E-state index in [9.17, 15) is 4.79 Å². The van der Waals surface area contributed by atoms with Crippen LogP contribution in [0.1, 0.15) is 60.8 Å². The van der Waals surface area contributed by atoms with Gasteiger partial charge in [-0.2, -0.15) is 0 Å². The van der Waals surface area contributed by atoms with Crippen LogP contribution in [0.5, 0.6) is 5.88 Å². The number of carbonyl (C=O) groups excluding carboxylic acids is 1. The summed E-state index contributed by atoms with van der Waals surface area (Å²) in [6, 6.07) is 24.8. The average molecular weight is 590 g/mol. The minimum Gasteiger partial charge on any atom is -0.471 e. The van der Waals surface area contributed by atoms with Crippen molar-refractivity contribution in [2.75, 3.05) is 27.2 Å². The van der Waals surface area contributed by atoms with Crippen LogP contribution < -0.4 is 10.5 Å². The smallest absolute Gasteiger partial charge is 0.249 e. The molecule has 1 heterocycles. The lowest BCUT2D eigenvalue weighted by Crippen LogP contribution is -2.46. The van der Waals surface area contributed by atoms with Crippen LogP contribution >= 0.6 is 15.9 Å². The summed E-state index contributed by atoms with van der Waals surface area (Å²) in [6.07, 6.45) is 4.12. The number of likely N-dealkylation sites (N-methyl/N-ethyl adjacent to an activating group) is 1. The summed E-state index contributed by atoms with van der Waals surface area (Å²) in [5.41, 5.74) is 10.5. The summed E-state index contributed by atoms with van der Waals surface area (Å²) in [4.78, 5) is 17.1. The number of nitrogens with zero attached hydrogens (tertiary/aromatic N) is 2. The Labute approximate surface area is 240 Å². The second-order valence-electron chi connectivity index (χ2n) is 10.6. The third-order valence-corrected chi connectivity index (χ3v) is 8.37. The molecule has 1 aromatic heterocycles. The molecule has 0 spiro atoms. The van der Waals surface area contributed by atoms with Gasteiger partial charge in [0.15, 0.2) is 0 Å². The summed E-state index contributed by atoms with van der Waals surface area (Å²) < 4.78 is 7.86. The van der Waals surface area contributed by atoms with Gasteiger partial charge in [-0.1, -0.05) is 74.9 Å². The first-order chi connectivity index (χ1) is 18.8. The van der Waals surface area contributed by atoms with E-state index in [0.717, 1.165) is 58.9 Å². The Morgan fingerprint density at radius 1 is 1.03 bits per heavy atom. The third-order valence-electron chi connectivity index (χ3n) is 7.54. The zero-order valence-corrected chi connectivity index (χ0v) is 25.0. The fraction of sp³-hybridized carbons (Fsp3) is 0.333. The molecule has 0 aliphatic rings. The van der Waals surface area contributed by atoms with Crippen LogP contribution in [-0.2, 0) is 6.42 Å². The van der Waals surface area contributed by atoms with E-state index in [4.69, 9.17) is 15.5 Å². The van der Waals surface area contributed by atoms with Crippen LogP contribution in [-0.4, -0.2) is 42.6 Å². The molecule has 0 aliphatic carbocycles. The van der Waals surface area contributed by atoms with Gasteiger partial charge in [0, 0.05) is 33.1 Å². The lowest BCUT2D eigenvalue weighted by molar-refractivity contribution is -0.921. The maximum atomic E-state index is 12.2. The molecule has 1 amide bonds. The molecule has 1 atom stereocenters. The highest BCUT2D eigenvalue weighted by Crippen LogP contribution is 2.41. The van der Waals surface area contributed by atoms with Gasteiger partial charge >= 0.3 is 0 Å². The summed E-state index contributed by atoms with van der Waals surface area (Å²) in [6.45, 7) is 5.74. The van der Waals surface area contributed by atoms with Gasteiger partial charge < -0.3 is 15.0 Å². The SMILES string of the molecule is CCCCc1cc2ccccc2c(OCC[N+](C)(C)[C@@H](CC)c2ccc(C(N)=O)c(Br)c2-c2ccccc2)n1. The quantitative estimate of drug-likeness (QED) is 0.172. The number of hydrogen-bond donors (Lipinski definition) is 1. The van der Waals surface area contributed by atoms with Gasteiger partial charge in [0.1, 0.15) is 19.2 Å². The first-order valence-corrected chi connectivity index (χ1v) is 14.6. The van der Waals surface area contributed by atoms with E-state index in [-0.39, 0.29) is 6.04 Å². The molecule has 0 unspecified atom stereocenters. The fourth-order valence-electron chi connectivity index (χ4n) is 5.40. The van der Waals surface area contributed by atoms with Gasteiger partial charge in [0.05, 0.1) is 19.7 Å². The van der Waals surface area contributed by atoms with Crippen molar-refractivity contribution in [2.24, 2.45) is 5.73 Å². The number of hydrogen-bond acceptors (Lipinski definition) is 3. The molecule has 5 nitrogen and oxygen atoms in total. The van der Waals surface area contributed by atoms with E-state index in [1.165, 1.54) is 10.9 Å². The molecule has 39 heavy (non-hydrogen) atoms. The molecule has 0 saturated carbocycles. The average Bonchev–Trinajstić information content (AvgIpc) is 2.92. The van der Waals surface area contributed by atoms with Crippen LogP contribution in [0.4, 0.5) is 0 Å². The summed E-state index contributed by atoms with van der Waals surface area (Å²) in [7, 11) is 4.48. The van der Waals surface area contributed by atoms with Crippen molar-refractivity contribution in [3.05, 3.63) is 94.1 Å². The van der Waals surface area contributed by atoms with Crippen LogP contribution in [0.3, 0.4) is 0 Å². The molecule has 0 bridgehead atoms. The van der Waals surface area contributed by atoms with E-state index in [2.05, 4.69) is 86.3 Å². The number of quaternary nitrogens is 1. The van der Waals surface area contributed by atoms with Gasteiger partial charge in [-0.05, 0) is 57.9 Å². The molecule has 0 saturated heterocycles. The number of unbranched alkanes of at least 4 members (excludes halogenated alkanes) is 1. The molecule has 0 aliphatic heterocycles. The minimum atomic E-state index is -0.443. The zero-order valence-electron chi connectivity index (χ0n) is 23.4. The van der Waals surface area contributed by atoms with Crippen LogP contribution in [0, 0.1) is 0 Å². The van der Waals surface area contributed by atoms with Gasteiger partial charge in [0.2, 0.25) is 11.8 Å². The Morgan fingerprint density at radius 2 is 1.74 bits per heavy atom. The van der Waals surface area contributed by atoms with Crippen molar-refractivity contribution < 1.29 is 14.0 Å². The van der Waals surface area contributed by atoms with Crippen molar-refractivity contribution in [3.8, 4) is 17.0 Å². The predicted octanol–water partition coefficient (Wildman–Crippen LogP) is 7.71. The third kappa shape index (κ3) is 6.51. The molecule has 4 rings (SSSR count). The Morgan fingerprint density at radius 3 is 2.44 bits per heavy atom. The van der Waals surface area contributed by atoms with Gasteiger partial charge in [-0.3, -0.25) is 4.79 Å². The Kier molecular flexibility index (Phi) is 9.41. The van der Waals surface area contributed by atoms with E-state index in [1.54, 1.807) is 0 Å². The number of aryl methyl sites for hydroxylation is 1. The highest BCUT2D eigenvalue weighted by Gasteiger charge is 2.32. The van der Waals surface area contributed by atoms with E-state index < -0.39 is 5.91 Å². The summed E-state index contributed by atoms with van der Waals surface area (Å²) in [5, 5.41) is 2.22. The first-order valence-electron chi connectivity index (χ1n) is 13.8. The lowest BCUT2D eigenvalue weighted by atomic mass is 9.90. The number of fused-ring (bicyclic) bond motifs is 1. The second kappa shape index (κ2) is 12.8. The molecule has 0 fully saturated rings. The van der Waals surface area contributed by atoms with Crippen LogP contribution in [0.2, 0.25) is 0 Å². The van der Waals surface area contributed by atoms with Crippen molar-refractivity contribution in [1.29, 1.82) is 0 Å². The number of nitrogens with two attached hydrogens (primary N) is 1. The Hall–Kier alpha value is -3.22. The molecule has 6 heteroatoms. The van der Waals surface area contributed by atoms with Crippen molar-refractivity contribution in [3.63, 3.8) is 0 Å². The number of ether oxygens (including phenoxy) is 1. The number of benzene rings is 3. The summed E-state index contributed by atoms with van der Waals surface area (Å²) in [5.74, 6) is 0.271. The number of pyridine rings is 1. The minimum absolute atomic E-state index is 0.169. The Bertz CT molecular complexity index is 1440. The van der Waals surface area contributed by atoms with E-state index in [1.807, 2.05) is 30.3 Å². The van der Waals surface area contributed by atoms with E-state index >= 15 is 0 Å². The predicted molar refractivity (Wildman–Crippen MR) is 164 cm³/mol. The number of primary amides is 1. The largest absolute Gasteiger partial charge is 0.471 e. The number of amides is 1. The number of aromatic nitrogens is 1. The first kappa shape index (κ1) is 28.8. The molecule has 0 radical (unpaired) electrons. The topological polar surface area (TPSA) is 65.2 Å². The summed E-state index contributed by atoms with van der Waals surface area (Å²) >= 11 is 3.72. The number of halogens is 1. The van der Waals surface area contributed by atoms with Gasteiger partial charge in [0.25, 0.3) is 0 Å². The van der Waals surface area contributed by atoms with Crippen molar-refractivity contribution in [2.45, 2.75) is 45.6 Å². The molecule has 3 aromatic carbocycles. The maximum Gasteiger partial charge on any atom is 0.249 e.